The third-order valence-electron chi connectivity index (χ3n) is 4.49. The molecule has 2 N–H and O–H groups in total. The molecule has 0 aliphatic carbocycles. The number of nitrogens with one attached hydrogen (secondary N) is 1. The topological polar surface area (TPSA) is 35.5 Å². The van der Waals surface area contributed by atoms with Gasteiger partial charge in [-0.2, -0.15) is 0 Å². The Morgan fingerprint density at radius 2 is 1.91 bits per heavy atom. The van der Waals surface area contributed by atoms with Crippen molar-refractivity contribution in [1.29, 1.82) is 0 Å². The Labute approximate surface area is 132 Å². The molecule has 0 saturated heterocycles. The maximum atomic E-state index is 10.7. The highest BCUT2D eigenvalue weighted by molar-refractivity contribution is 5.64. The monoisotopic (exact) mass is 296 g/mol. The first-order valence-corrected chi connectivity index (χ1v) is 7.95. The maximum Gasteiger partial charge on any atom is 0.0909 e. The van der Waals surface area contributed by atoms with Crippen molar-refractivity contribution in [2.45, 2.75) is 25.5 Å². The Balaban J connectivity index is 2.02. The number of benzene rings is 2. The van der Waals surface area contributed by atoms with E-state index in [1.807, 2.05) is 25.2 Å². The summed E-state index contributed by atoms with van der Waals surface area (Å²) in [5, 5.41) is 13.8. The SMILES string of the molecule is CNCC(O)C(c1ccccc1)N1CCc2cccc(C)c21. The first kappa shape index (κ1) is 15.1. The third-order valence-corrected chi connectivity index (χ3v) is 4.49. The summed E-state index contributed by atoms with van der Waals surface area (Å²) >= 11 is 0. The van der Waals surface area contributed by atoms with Gasteiger partial charge in [-0.05, 0) is 37.1 Å². The molecule has 2 unspecified atom stereocenters. The van der Waals surface area contributed by atoms with E-state index < -0.39 is 6.10 Å². The van der Waals surface area contributed by atoms with Crippen LogP contribution in [0, 0.1) is 6.92 Å². The number of nitrogens with zero attached hydrogens (tertiary/aromatic N) is 1. The van der Waals surface area contributed by atoms with Crippen molar-refractivity contribution in [3.05, 3.63) is 65.2 Å². The van der Waals surface area contributed by atoms with Gasteiger partial charge in [0.05, 0.1) is 12.1 Å². The normalized spacial score (nSPS) is 16.4. The summed E-state index contributed by atoms with van der Waals surface area (Å²) in [5.74, 6) is 0. The highest BCUT2D eigenvalue weighted by Gasteiger charge is 2.32. The van der Waals surface area contributed by atoms with E-state index in [1.165, 1.54) is 22.4 Å². The Hall–Kier alpha value is -1.84. The number of para-hydroxylation sites is 1. The van der Waals surface area contributed by atoms with Crippen LogP contribution in [0.15, 0.2) is 48.5 Å². The predicted octanol–water partition coefficient (Wildman–Crippen LogP) is 2.68. The van der Waals surface area contributed by atoms with Crippen molar-refractivity contribution in [1.82, 2.24) is 5.32 Å². The van der Waals surface area contributed by atoms with E-state index in [9.17, 15) is 5.11 Å². The van der Waals surface area contributed by atoms with E-state index in [4.69, 9.17) is 0 Å². The number of rotatable bonds is 5. The molecule has 0 aromatic heterocycles. The Kier molecular flexibility index (Phi) is 4.46. The van der Waals surface area contributed by atoms with Gasteiger partial charge in [0.2, 0.25) is 0 Å². The van der Waals surface area contributed by atoms with Gasteiger partial charge >= 0.3 is 0 Å². The lowest BCUT2D eigenvalue weighted by Gasteiger charge is -2.35. The minimum absolute atomic E-state index is 0.0176. The van der Waals surface area contributed by atoms with Gasteiger partial charge in [0.1, 0.15) is 0 Å². The Morgan fingerprint density at radius 3 is 2.64 bits per heavy atom. The van der Waals surface area contributed by atoms with E-state index in [1.54, 1.807) is 0 Å². The van der Waals surface area contributed by atoms with E-state index in [-0.39, 0.29) is 6.04 Å². The summed E-state index contributed by atoms with van der Waals surface area (Å²) in [5.41, 5.74) is 5.14. The van der Waals surface area contributed by atoms with Gasteiger partial charge in [-0.1, -0.05) is 48.5 Å². The van der Waals surface area contributed by atoms with Crippen molar-refractivity contribution >= 4 is 5.69 Å². The fourth-order valence-electron chi connectivity index (χ4n) is 3.54. The molecule has 2 aromatic rings. The lowest BCUT2D eigenvalue weighted by molar-refractivity contribution is 0.141. The molecule has 1 aliphatic heterocycles. The van der Waals surface area contributed by atoms with Crippen LogP contribution in [0.2, 0.25) is 0 Å². The smallest absolute Gasteiger partial charge is 0.0909 e. The van der Waals surface area contributed by atoms with E-state index in [2.05, 4.69) is 47.5 Å². The lowest BCUT2D eigenvalue weighted by atomic mass is 9.98. The van der Waals surface area contributed by atoms with Gasteiger partial charge in [0.25, 0.3) is 0 Å². The van der Waals surface area contributed by atoms with E-state index in [0.717, 1.165) is 13.0 Å². The minimum atomic E-state index is -0.446. The Bertz CT molecular complexity index is 627. The number of hydrogen-bond acceptors (Lipinski definition) is 3. The standard InChI is InChI=1S/C19H24N2O/c1-14-7-6-10-16-11-12-21(18(14)16)19(17(22)13-20-2)15-8-4-3-5-9-15/h3-10,17,19-20,22H,11-13H2,1-2H3. The van der Waals surface area contributed by atoms with E-state index >= 15 is 0 Å². The molecule has 22 heavy (non-hydrogen) atoms. The van der Waals surface area contributed by atoms with Crippen LogP contribution >= 0.6 is 0 Å². The van der Waals surface area contributed by atoms with Crippen LogP contribution in [0.4, 0.5) is 5.69 Å². The second-order valence-corrected chi connectivity index (χ2v) is 6.01. The fourth-order valence-corrected chi connectivity index (χ4v) is 3.54. The maximum absolute atomic E-state index is 10.7. The summed E-state index contributed by atoms with van der Waals surface area (Å²) in [6.45, 7) is 3.70. The lowest BCUT2D eigenvalue weighted by Crippen LogP contribution is -2.40. The molecular formula is C19H24N2O. The number of likely N-dealkylation sites (N-methyl/N-ethyl adjacent to an activating group) is 1. The number of anilines is 1. The second kappa shape index (κ2) is 6.51. The van der Waals surface area contributed by atoms with Gasteiger partial charge in [0.15, 0.2) is 0 Å². The molecule has 0 bridgehead atoms. The van der Waals surface area contributed by atoms with Crippen LogP contribution in [-0.4, -0.2) is 31.3 Å². The van der Waals surface area contributed by atoms with Crippen molar-refractivity contribution in [3.8, 4) is 0 Å². The number of hydrogen-bond donors (Lipinski definition) is 2. The Morgan fingerprint density at radius 1 is 1.14 bits per heavy atom. The molecule has 0 radical (unpaired) electrons. The van der Waals surface area contributed by atoms with Crippen LogP contribution in [0.1, 0.15) is 22.7 Å². The van der Waals surface area contributed by atoms with Crippen LogP contribution in [0.3, 0.4) is 0 Å². The average Bonchev–Trinajstić information content (AvgIpc) is 2.94. The minimum Gasteiger partial charge on any atom is -0.389 e. The van der Waals surface area contributed by atoms with Gasteiger partial charge < -0.3 is 15.3 Å². The second-order valence-electron chi connectivity index (χ2n) is 6.01. The highest BCUT2D eigenvalue weighted by atomic mass is 16.3. The summed E-state index contributed by atoms with van der Waals surface area (Å²) in [6.07, 6.45) is 0.602. The first-order chi connectivity index (χ1) is 10.7. The quantitative estimate of drug-likeness (QED) is 0.890. The molecule has 1 aliphatic rings. The zero-order valence-electron chi connectivity index (χ0n) is 13.3. The van der Waals surface area contributed by atoms with Crippen LogP contribution in [0.5, 0.6) is 0 Å². The molecule has 2 atom stereocenters. The molecule has 1 heterocycles. The van der Waals surface area contributed by atoms with Gasteiger partial charge in [0, 0.05) is 18.8 Å². The molecule has 0 amide bonds. The molecule has 2 aromatic carbocycles. The van der Waals surface area contributed by atoms with Crippen molar-refractivity contribution in [3.63, 3.8) is 0 Å². The number of aryl methyl sites for hydroxylation is 1. The molecule has 0 fully saturated rings. The summed E-state index contributed by atoms with van der Waals surface area (Å²) in [7, 11) is 1.88. The van der Waals surface area contributed by atoms with Gasteiger partial charge in [-0.3, -0.25) is 0 Å². The number of aliphatic hydroxyl groups excluding tert-OH is 1. The average molecular weight is 296 g/mol. The van der Waals surface area contributed by atoms with Crippen LogP contribution < -0.4 is 10.2 Å². The van der Waals surface area contributed by atoms with Crippen molar-refractivity contribution in [2.24, 2.45) is 0 Å². The predicted molar refractivity (Wildman–Crippen MR) is 91.3 cm³/mol. The van der Waals surface area contributed by atoms with Crippen LogP contribution in [0.25, 0.3) is 0 Å². The van der Waals surface area contributed by atoms with Crippen molar-refractivity contribution in [2.75, 3.05) is 25.0 Å². The summed E-state index contributed by atoms with van der Waals surface area (Å²) in [4.78, 5) is 2.38. The third kappa shape index (κ3) is 2.74. The largest absolute Gasteiger partial charge is 0.389 e. The van der Waals surface area contributed by atoms with Gasteiger partial charge in [-0.15, -0.1) is 0 Å². The number of aliphatic hydroxyl groups is 1. The van der Waals surface area contributed by atoms with Gasteiger partial charge in [-0.25, -0.2) is 0 Å². The molecule has 3 nitrogen and oxygen atoms in total. The molecule has 0 spiro atoms. The summed E-state index contributed by atoms with van der Waals surface area (Å²) < 4.78 is 0. The molecule has 3 heteroatoms. The van der Waals surface area contributed by atoms with Crippen LogP contribution in [-0.2, 0) is 6.42 Å². The molecule has 0 saturated carbocycles. The number of fused-ring (bicyclic) bond motifs is 1. The molecule has 3 rings (SSSR count). The van der Waals surface area contributed by atoms with Crippen molar-refractivity contribution < 1.29 is 5.11 Å². The first-order valence-electron chi connectivity index (χ1n) is 7.95. The molecular weight excluding hydrogens is 272 g/mol. The zero-order valence-corrected chi connectivity index (χ0v) is 13.3. The fraction of sp³-hybridized carbons (Fsp3) is 0.368. The summed E-state index contributed by atoms with van der Waals surface area (Å²) in [6, 6.07) is 16.8. The molecule has 116 valence electrons. The zero-order chi connectivity index (χ0) is 15.5. The highest BCUT2D eigenvalue weighted by Crippen LogP contribution is 2.38. The van der Waals surface area contributed by atoms with E-state index in [0.29, 0.717) is 6.54 Å².